The van der Waals surface area contributed by atoms with E-state index in [4.69, 9.17) is 19.2 Å². The quantitative estimate of drug-likeness (QED) is 0.590. The summed E-state index contributed by atoms with van der Waals surface area (Å²) in [5, 5.41) is 2.73. The molecule has 26 heavy (non-hydrogen) atoms. The Balaban J connectivity index is 0.000000431. The molecule has 5 nitrogen and oxygen atoms in total. The molecule has 0 atom stereocenters. The zero-order chi connectivity index (χ0) is 19.0. The van der Waals surface area contributed by atoms with Crippen LogP contribution in [0.1, 0.15) is 12.0 Å². The van der Waals surface area contributed by atoms with E-state index in [1.807, 2.05) is 0 Å². The fourth-order valence-corrected chi connectivity index (χ4v) is 2.83. The molecule has 0 aromatic heterocycles. The van der Waals surface area contributed by atoms with Gasteiger partial charge in [-0.05, 0) is 41.3 Å². The first kappa shape index (κ1) is 20.1. The lowest BCUT2D eigenvalue weighted by atomic mass is 10.0. The number of rotatable bonds is 5. The number of hydrogen-bond acceptors (Lipinski definition) is 2. The molecular weight excluding hydrogens is 349 g/mol. The molecule has 138 valence electrons. The average Bonchev–Trinajstić information content (AvgIpc) is 2.61. The van der Waals surface area contributed by atoms with Crippen molar-refractivity contribution in [2.24, 2.45) is 0 Å². The van der Waals surface area contributed by atoms with E-state index < -0.39 is 7.82 Å². The van der Waals surface area contributed by atoms with Gasteiger partial charge < -0.3 is 19.6 Å². The van der Waals surface area contributed by atoms with E-state index >= 15 is 0 Å². The van der Waals surface area contributed by atoms with Crippen molar-refractivity contribution in [3.05, 3.63) is 78.4 Å². The van der Waals surface area contributed by atoms with Crippen molar-refractivity contribution in [2.75, 3.05) is 18.5 Å². The van der Waals surface area contributed by atoms with Gasteiger partial charge in [-0.15, -0.1) is 0 Å². The Labute approximate surface area is 153 Å². The van der Waals surface area contributed by atoms with Gasteiger partial charge in [0.05, 0.1) is 0 Å². The summed E-state index contributed by atoms with van der Waals surface area (Å²) in [4.78, 5) is 23.9. The second kappa shape index (κ2) is 9.51. The van der Waals surface area contributed by atoms with Crippen molar-refractivity contribution >= 4 is 24.3 Å². The molecule has 3 rings (SSSR count). The van der Waals surface area contributed by atoms with Crippen LogP contribution < -0.4 is 4.90 Å². The van der Waals surface area contributed by atoms with Gasteiger partial charge in [-0.25, -0.2) is 4.57 Å². The van der Waals surface area contributed by atoms with Crippen LogP contribution in [0.4, 0.5) is 5.69 Å². The minimum atomic E-state index is -4.64. The largest absolute Gasteiger partial charge is 0.466 e. The zero-order valence-electron chi connectivity index (χ0n) is 14.7. The van der Waals surface area contributed by atoms with Crippen LogP contribution in [-0.2, 0) is 11.0 Å². The van der Waals surface area contributed by atoms with Crippen molar-refractivity contribution in [1.82, 2.24) is 0 Å². The highest BCUT2D eigenvalue weighted by Gasteiger charge is 2.03. The van der Waals surface area contributed by atoms with Crippen LogP contribution in [0.5, 0.6) is 0 Å². The van der Waals surface area contributed by atoms with Crippen LogP contribution in [0, 0.1) is 0 Å². The maximum atomic E-state index is 8.88. The first-order valence-electron chi connectivity index (χ1n) is 8.36. The summed E-state index contributed by atoms with van der Waals surface area (Å²) >= 11 is 0. The van der Waals surface area contributed by atoms with Crippen LogP contribution in [-0.4, -0.2) is 28.3 Å². The van der Waals surface area contributed by atoms with Gasteiger partial charge in [0.25, 0.3) is 0 Å². The molecule has 3 aromatic rings. The first-order chi connectivity index (χ1) is 12.3. The molecule has 0 aliphatic rings. The lowest BCUT2D eigenvalue weighted by Crippen LogP contribution is -2.18. The molecular formula is C20H24NO4P. The fraction of sp³-hybridized carbons (Fsp3) is 0.200. The molecule has 0 radical (unpaired) electrons. The first-order valence-corrected chi connectivity index (χ1v) is 9.92. The summed E-state index contributed by atoms with van der Waals surface area (Å²) in [5.74, 6) is 0. The summed E-state index contributed by atoms with van der Waals surface area (Å²) in [7, 11) is -2.47. The van der Waals surface area contributed by atoms with Crippen molar-refractivity contribution in [3.63, 3.8) is 0 Å². The van der Waals surface area contributed by atoms with Gasteiger partial charge in [-0.3, -0.25) is 0 Å². The van der Waals surface area contributed by atoms with E-state index in [9.17, 15) is 0 Å². The molecule has 0 saturated carbocycles. The van der Waals surface area contributed by atoms with E-state index in [0.717, 1.165) is 13.0 Å². The van der Waals surface area contributed by atoms with Crippen molar-refractivity contribution < 1.29 is 19.2 Å². The molecule has 0 amide bonds. The zero-order valence-corrected chi connectivity index (χ0v) is 15.6. The smallest absolute Gasteiger partial charge is 0.375 e. The van der Waals surface area contributed by atoms with Crippen LogP contribution >= 0.6 is 7.82 Å². The van der Waals surface area contributed by atoms with Gasteiger partial charge in [0.1, 0.15) is 0 Å². The maximum Gasteiger partial charge on any atom is 0.466 e. The predicted octanol–water partition coefficient (Wildman–Crippen LogP) is 3.98. The fourth-order valence-electron chi connectivity index (χ4n) is 2.83. The van der Waals surface area contributed by atoms with Crippen LogP contribution in [0.15, 0.2) is 72.8 Å². The molecule has 0 spiro atoms. The summed E-state index contributed by atoms with van der Waals surface area (Å²) in [6, 6.07) is 25.8. The third kappa shape index (κ3) is 6.98. The standard InChI is InChI=1S/C20H21N.H3O4P/c1-21(19-13-3-2-4-14-19)16-8-12-18-11-7-10-17-9-5-6-15-20(17)18;1-5(2,3)4/h2-7,9-11,13-15H,8,12,16H2,1H3;(H3,1,2,3,4). The van der Waals surface area contributed by atoms with Crippen molar-refractivity contribution in [3.8, 4) is 0 Å². The van der Waals surface area contributed by atoms with Crippen LogP contribution in [0.3, 0.4) is 0 Å². The lowest BCUT2D eigenvalue weighted by Gasteiger charge is -2.19. The Kier molecular flexibility index (Phi) is 7.37. The highest BCUT2D eigenvalue weighted by molar-refractivity contribution is 7.45. The third-order valence-corrected chi connectivity index (χ3v) is 4.02. The Bertz CT molecular complexity index is 850. The number of benzene rings is 3. The number of nitrogens with zero attached hydrogens (tertiary/aromatic N) is 1. The molecule has 0 saturated heterocycles. The molecule has 0 heterocycles. The summed E-state index contributed by atoms with van der Waals surface area (Å²) in [5.41, 5.74) is 2.74. The topological polar surface area (TPSA) is 81.0 Å². The highest BCUT2D eigenvalue weighted by atomic mass is 31.2. The van der Waals surface area contributed by atoms with Gasteiger partial charge >= 0.3 is 7.82 Å². The number of anilines is 1. The molecule has 3 N–H and O–H groups in total. The Morgan fingerprint density at radius 2 is 1.42 bits per heavy atom. The number of para-hydroxylation sites is 1. The number of aryl methyl sites for hydroxylation is 1. The second-order valence-electron chi connectivity index (χ2n) is 6.01. The van der Waals surface area contributed by atoms with E-state index in [2.05, 4.69) is 84.7 Å². The van der Waals surface area contributed by atoms with Gasteiger partial charge in [0.2, 0.25) is 0 Å². The van der Waals surface area contributed by atoms with Gasteiger partial charge in [0, 0.05) is 19.3 Å². The van der Waals surface area contributed by atoms with E-state index in [1.54, 1.807) is 0 Å². The van der Waals surface area contributed by atoms with E-state index in [-0.39, 0.29) is 0 Å². The number of fused-ring (bicyclic) bond motifs is 1. The summed E-state index contributed by atoms with van der Waals surface area (Å²) in [6.07, 6.45) is 2.29. The molecule has 3 aromatic carbocycles. The second-order valence-corrected chi connectivity index (χ2v) is 7.04. The van der Waals surface area contributed by atoms with Gasteiger partial charge in [-0.2, -0.15) is 0 Å². The number of phosphoric acid groups is 1. The molecule has 0 aliphatic heterocycles. The minimum Gasteiger partial charge on any atom is -0.375 e. The van der Waals surface area contributed by atoms with E-state index in [0.29, 0.717) is 0 Å². The predicted molar refractivity (Wildman–Crippen MR) is 106 cm³/mol. The Morgan fingerprint density at radius 1 is 0.846 bits per heavy atom. The summed E-state index contributed by atoms with van der Waals surface area (Å²) < 4.78 is 8.88. The SMILES string of the molecule is CN(CCCc1cccc2ccccc12)c1ccccc1.O=P(O)(O)O. The average molecular weight is 373 g/mol. The molecule has 0 unspecified atom stereocenters. The Hall–Kier alpha value is -2.17. The van der Waals surface area contributed by atoms with Gasteiger partial charge in [-0.1, -0.05) is 60.7 Å². The highest BCUT2D eigenvalue weighted by Crippen LogP contribution is 2.25. The molecule has 0 bridgehead atoms. The van der Waals surface area contributed by atoms with Crippen molar-refractivity contribution in [2.45, 2.75) is 12.8 Å². The van der Waals surface area contributed by atoms with Crippen LogP contribution in [0.2, 0.25) is 0 Å². The third-order valence-electron chi connectivity index (χ3n) is 4.02. The van der Waals surface area contributed by atoms with Gasteiger partial charge in [0.15, 0.2) is 0 Å². The maximum absolute atomic E-state index is 8.88. The Morgan fingerprint density at radius 3 is 2.12 bits per heavy atom. The lowest BCUT2D eigenvalue weighted by molar-refractivity contribution is 0.275. The summed E-state index contributed by atoms with van der Waals surface area (Å²) in [6.45, 7) is 1.08. The molecule has 6 heteroatoms. The number of hydrogen-bond donors (Lipinski definition) is 3. The molecule has 0 aliphatic carbocycles. The minimum absolute atomic E-state index is 1.08. The normalized spacial score (nSPS) is 10.9. The van der Waals surface area contributed by atoms with E-state index in [1.165, 1.54) is 28.4 Å². The molecule has 0 fully saturated rings. The monoisotopic (exact) mass is 373 g/mol. The van der Waals surface area contributed by atoms with Crippen LogP contribution in [0.25, 0.3) is 10.8 Å². The van der Waals surface area contributed by atoms with Crippen molar-refractivity contribution in [1.29, 1.82) is 0 Å².